The molecule has 158 valence electrons. The van der Waals surface area contributed by atoms with Gasteiger partial charge >= 0.3 is 5.69 Å². The SMILES string of the molecule is Cc1cc(F)ccc1-n1c(=O)c2sccc2n(CC(=O)Nc2cccc(C)c2C)c1=O. The second-order valence-electron chi connectivity index (χ2n) is 7.37. The topological polar surface area (TPSA) is 73.1 Å². The first kappa shape index (κ1) is 20.7. The summed E-state index contributed by atoms with van der Waals surface area (Å²) in [5.74, 6) is -0.843. The van der Waals surface area contributed by atoms with Crippen molar-refractivity contribution in [2.75, 3.05) is 5.32 Å². The van der Waals surface area contributed by atoms with Crippen molar-refractivity contribution in [3.8, 4) is 5.69 Å². The molecule has 0 unspecified atom stereocenters. The first-order valence-corrected chi connectivity index (χ1v) is 10.5. The monoisotopic (exact) mass is 437 g/mol. The molecule has 2 aromatic carbocycles. The van der Waals surface area contributed by atoms with E-state index >= 15 is 0 Å². The van der Waals surface area contributed by atoms with Gasteiger partial charge in [0.15, 0.2) is 0 Å². The second kappa shape index (κ2) is 7.96. The average Bonchev–Trinajstić information content (AvgIpc) is 3.20. The van der Waals surface area contributed by atoms with Crippen molar-refractivity contribution in [3.63, 3.8) is 0 Å². The average molecular weight is 437 g/mol. The zero-order valence-corrected chi connectivity index (χ0v) is 18.0. The number of hydrogen-bond donors (Lipinski definition) is 1. The van der Waals surface area contributed by atoms with Gasteiger partial charge < -0.3 is 5.32 Å². The van der Waals surface area contributed by atoms with Gasteiger partial charge in [0.05, 0.1) is 11.2 Å². The van der Waals surface area contributed by atoms with Crippen LogP contribution in [0.3, 0.4) is 0 Å². The van der Waals surface area contributed by atoms with Gasteiger partial charge in [-0.1, -0.05) is 12.1 Å². The highest BCUT2D eigenvalue weighted by Crippen LogP contribution is 2.20. The molecule has 0 radical (unpaired) electrons. The number of fused-ring (bicyclic) bond motifs is 1. The van der Waals surface area contributed by atoms with Crippen LogP contribution in [0.2, 0.25) is 0 Å². The van der Waals surface area contributed by atoms with Crippen LogP contribution >= 0.6 is 11.3 Å². The van der Waals surface area contributed by atoms with Crippen LogP contribution in [0.1, 0.15) is 16.7 Å². The van der Waals surface area contributed by atoms with Crippen molar-refractivity contribution in [1.29, 1.82) is 0 Å². The van der Waals surface area contributed by atoms with Crippen molar-refractivity contribution >= 4 is 33.1 Å². The third-order valence-electron chi connectivity index (χ3n) is 5.33. The maximum atomic E-state index is 13.6. The van der Waals surface area contributed by atoms with E-state index in [9.17, 15) is 18.8 Å². The minimum atomic E-state index is -0.651. The number of hydrogen-bond acceptors (Lipinski definition) is 4. The molecule has 2 aromatic heterocycles. The number of aromatic nitrogens is 2. The number of anilines is 1. The number of thiophene rings is 1. The lowest BCUT2D eigenvalue weighted by molar-refractivity contribution is -0.116. The van der Waals surface area contributed by atoms with Crippen LogP contribution in [0.5, 0.6) is 0 Å². The number of amides is 1. The molecule has 0 aliphatic rings. The molecule has 0 saturated heterocycles. The van der Waals surface area contributed by atoms with Crippen LogP contribution in [0.15, 0.2) is 57.4 Å². The zero-order chi connectivity index (χ0) is 22.3. The highest BCUT2D eigenvalue weighted by Gasteiger charge is 2.19. The molecule has 6 nitrogen and oxygen atoms in total. The fourth-order valence-electron chi connectivity index (χ4n) is 3.54. The molecular formula is C23H20FN3O3S. The number of benzene rings is 2. The summed E-state index contributed by atoms with van der Waals surface area (Å²) in [6, 6.07) is 11.1. The first-order chi connectivity index (χ1) is 14.8. The standard InChI is InChI=1S/C23H20FN3O3S/c1-13-5-4-6-17(15(13)3)25-20(28)12-26-19-9-10-31-21(19)22(29)27(23(26)30)18-8-7-16(24)11-14(18)2/h4-11H,12H2,1-3H3,(H,25,28). The van der Waals surface area contributed by atoms with Gasteiger partial charge in [-0.2, -0.15) is 0 Å². The summed E-state index contributed by atoms with van der Waals surface area (Å²) in [6.45, 7) is 5.22. The van der Waals surface area contributed by atoms with E-state index in [-0.39, 0.29) is 18.1 Å². The maximum absolute atomic E-state index is 13.6. The molecule has 2 heterocycles. The van der Waals surface area contributed by atoms with Crippen molar-refractivity contribution in [2.24, 2.45) is 0 Å². The molecule has 1 amide bonds. The number of halogens is 1. The van der Waals surface area contributed by atoms with E-state index in [1.807, 2.05) is 26.0 Å². The Bertz CT molecular complexity index is 1450. The fraction of sp³-hybridized carbons (Fsp3) is 0.174. The van der Waals surface area contributed by atoms with Crippen LogP contribution in [0, 0.1) is 26.6 Å². The van der Waals surface area contributed by atoms with Gasteiger partial charge in [-0.05, 0) is 73.2 Å². The molecule has 0 aliphatic heterocycles. The molecule has 1 N–H and O–H groups in total. The van der Waals surface area contributed by atoms with Crippen molar-refractivity contribution < 1.29 is 9.18 Å². The van der Waals surface area contributed by atoms with Gasteiger partial charge in [0.25, 0.3) is 5.56 Å². The highest BCUT2D eigenvalue weighted by atomic mass is 32.1. The predicted molar refractivity (Wildman–Crippen MR) is 121 cm³/mol. The van der Waals surface area contributed by atoms with Crippen molar-refractivity contribution in [1.82, 2.24) is 9.13 Å². The largest absolute Gasteiger partial charge is 0.336 e. The fourth-order valence-corrected chi connectivity index (χ4v) is 4.37. The molecule has 4 aromatic rings. The molecule has 31 heavy (non-hydrogen) atoms. The number of nitrogens with one attached hydrogen (secondary N) is 1. The van der Waals surface area contributed by atoms with E-state index < -0.39 is 17.1 Å². The molecule has 4 rings (SSSR count). The lowest BCUT2D eigenvalue weighted by Crippen LogP contribution is -2.40. The van der Waals surface area contributed by atoms with Crippen molar-refractivity contribution in [2.45, 2.75) is 27.3 Å². The Balaban J connectivity index is 1.82. The Morgan fingerprint density at radius 2 is 1.84 bits per heavy atom. The maximum Gasteiger partial charge on any atom is 0.336 e. The smallest absolute Gasteiger partial charge is 0.324 e. The van der Waals surface area contributed by atoms with Crippen LogP contribution in [0.25, 0.3) is 15.9 Å². The Hall–Kier alpha value is -3.52. The summed E-state index contributed by atoms with van der Waals surface area (Å²) in [5.41, 5.74) is 2.63. The second-order valence-corrected chi connectivity index (χ2v) is 8.29. The molecule has 0 fully saturated rings. The molecule has 0 spiro atoms. The summed E-state index contributed by atoms with van der Waals surface area (Å²) >= 11 is 1.19. The summed E-state index contributed by atoms with van der Waals surface area (Å²) in [5, 5.41) is 4.54. The van der Waals surface area contributed by atoms with Crippen molar-refractivity contribution in [3.05, 3.63) is 91.2 Å². The minimum absolute atomic E-state index is 0.264. The highest BCUT2D eigenvalue weighted by molar-refractivity contribution is 7.17. The molecule has 0 atom stereocenters. The van der Waals surface area contributed by atoms with E-state index in [1.165, 1.54) is 34.1 Å². The minimum Gasteiger partial charge on any atom is -0.324 e. The van der Waals surface area contributed by atoms with Gasteiger partial charge in [-0.25, -0.2) is 13.8 Å². The zero-order valence-electron chi connectivity index (χ0n) is 17.2. The van der Waals surface area contributed by atoms with Crippen LogP contribution in [0.4, 0.5) is 10.1 Å². The lowest BCUT2D eigenvalue weighted by atomic mass is 10.1. The van der Waals surface area contributed by atoms with Gasteiger partial charge in [0.2, 0.25) is 5.91 Å². The van der Waals surface area contributed by atoms with E-state index in [0.29, 0.717) is 21.5 Å². The molecule has 0 aliphatic carbocycles. The summed E-state index contributed by atoms with van der Waals surface area (Å²) in [4.78, 5) is 39.1. The van der Waals surface area contributed by atoms with E-state index in [1.54, 1.807) is 24.4 Å². The normalized spacial score (nSPS) is 11.1. The number of aryl methyl sites for hydroxylation is 2. The number of rotatable bonds is 4. The summed E-state index contributed by atoms with van der Waals surface area (Å²) in [6.07, 6.45) is 0. The van der Waals surface area contributed by atoms with Gasteiger partial charge in [0.1, 0.15) is 17.1 Å². The number of carbonyl (C=O) groups excluding carboxylic acids is 1. The number of carbonyl (C=O) groups is 1. The molecule has 0 saturated carbocycles. The Morgan fingerprint density at radius 3 is 2.58 bits per heavy atom. The molecule has 0 bridgehead atoms. The third-order valence-corrected chi connectivity index (χ3v) is 6.23. The third kappa shape index (κ3) is 3.70. The summed E-state index contributed by atoms with van der Waals surface area (Å²) in [7, 11) is 0. The van der Waals surface area contributed by atoms with Crippen LogP contribution in [-0.2, 0) is 11.3 Å². The van der Waals surface area contributed by atoms with E-state index in [2.05, 4.69) is 5.32 Å². The Kier molecular flexibility index (Phi) is 5.32. The lowest BCUT2D eigenvalue weighted by Gasteiger charge is -2.15. The van der Waals surface area contributed by atoms with Gasteiger partial charge in [-0.3, -0.25) is 14.2 Å². The quantitative estimate of drug-likeness (QED) is 0.526. The van der Waals surface area contributed by atoms with E-state index in [4.69, 9.17) is 0 Å². The Labute approximate surface area is 181 Å². The van der Waals surface area contributed by atoms with Crippen LogP contribution in [-0.4, -0.2) is 15.0 Å². The molecule has 8 heteroatoms. The first-order valence-electron chi connectivity index (χ1n) is 9.63. The molecular weight excluding hydrogens is 417 g/mol. The van der Waals surface area contributed by atoms with E-state index in [0.717, 1.165) is 15.7 Å². The van der Waals surface area contributed by atoms with Gasteiger partial charge in [-0.15, -0.1) is 11.3 Å². The summed E-state index contributed by atoms with van der Waals surface area (Å²) < 4.78 is 16.2. The van der Waals surface area contributed by atoms with Gasteiger partial charge in [0, 0.05) is 5.69 Å². The number of nitrogens with zero attached hydrogens (tertiary/aromatic N) is 2. The predicted octanol–water partition coefficient (Wildman–Crippen LogP) is 3.92. The Morgan fingerprint density at radius 1 is 1.06 bits per heavy atom. The van der Waals surface area contributed by atoms with Crippen LogP contribution < -0.4 is 16.6 Å².